The zero-order valence-corrected chi connectivity index (χ0v) is 13.4. The molecule has 20 heavy (non-hydrogen) atoms. The van der Waals surface area contributed by atoms with Crippen molar-refractivity contribution in [3.63, 3.8) is 0 Å². The molecule has 2 nitrogen and oxygen atoms in total. The molecule has 1 heterocycles. The van der Waals surface area contributed by atoms with Crippen LogP contribution in [-0.4, -0.2) is 16.2 Å². The summed E-state index contributed by atoms with van der Waals surface area (Å²) in [5, 5.41) is 14.2. The molecule has 4 bridgehead atoms. The summed E-state index contributed by atoms with van der Waals surface area (Å²) in [5.74, 6) is 1.77. The first-order chi connectivity index (χ1) is 9.46. The third-order valence-corrected chi connectivity index (χ3v) is 7.13. The van der Waals surface area contributed by atoms with Gasteiger partial charge < -0.3 is 5.11 Å². The van der Waals surface area contributed by atoms with Gasteiger partial charge in [-0.1, -0.05) is 6.92 Å². The number of nitrogens with zero attached hydrogens (tertiary/aromatic N) is 1. The Morgan fingerprint density at radius 2 is 2.05 bits per heavy atom. The van der Waals surface area contributed by atoms with Gasteiger partial charge in [0.1, 0.15) is 0 Å². The molecule has 0 spiro atoms. The van der Waals surface area contributed by atoms with Gasteiger partial charge in [-0.15, -0.1) is 11.3 Å². The second kappa shape index (κ2) is 4.30. The van der Waals surface area contributed by atoms with E-state index >= 15 is 0 Å². The second-order valence-corrected chi connectivity index (χ2v) is 9.18. The van der Waals surface area contributed by atoms with Crippen molar-refractivity contribution >= 4 is 11.3 Å². The molecule has 1 N–H and O–H groups in total. The third kappa shape index (κ3) is 2.05. The van der Waals surface area contributed by atoms with E-state index in [2.05, 4.69) is 17.3 Å². The van der Waals surface area contributed by atoms with Crippen molar-refractivity contribution in [3.05, 3.63) is 16.1 Å². The maximum absolute atomic E-state index is 11.0. The number of rotatable bonds is 3. The average Bonchev–Trinajstić information content (AvgIpc) is 2.71. The Balaban J connectivity index is 1.57. The summed E-state index contributed by atoms with van der Waals surface area (Å²) >= 11 is 1.71. The Labute approximate surface area is 125 Å². The third-order valence-electron chi connectivity index (χ3n) is 6.14. The van der Waals surface area contributed by atoms with Gasteiger partial charge in [-0.25, -0.2) is 4.98 Å². The quantitative estimate of drug-likeness (QED) is 0.914. The lowest BCUT2D eigenvalue weighted by Gasteiger charge is -2.62. The molecule has 3 unspecified atom stereocenters. The van der Waals surface area contributed by atoms with Crippen LogP contribution in [0.2, 0.25) is 0 Å². The molecule has 0 aromatic carbocycles. The van der Waals surface area contributed by atoms with Crippen molar-refractivity contribution in [1.29, 1.82) is 0 Å². The highest BCUT2D eigenvalue weighted by Gasteiger charge is 2.58. The van der Waals surface area contributed by atoms with Gasteiger partial charge >= 0.3 is 0 Å². The van der Waals surface area contributed by atoms with E-state index in [4.69, 9.17) is 0 Å². The predicted octanol–water partition coefficient (Wildman–Crippen LogP) is 3.96. The largest absolute Gasteiger partial charge is 0.392 e. The second-order valence-electron chi connectivity index (χ2n) is 8.24. The van der Waals surface area contributed by atoms with Gasteiger partial charge in [-0.2, -0.15) is 0 Å². The van der Waals surface area contributed by atoms with Crippen molar-refractivity contribution in [1.82, 2.24) is 4.98 Å². The predicted molar refractivity (Wildman–Crippen MR) is 81.8 cm³/mol. The number of hydrogen-bond acceptors (Lipinski definition) is 3. The van der Waals surface area contributed by atoms with Crippen molar-refractivity contribution in [2.75, 3.05) is 0 Å². The van der Waals surface area contributed by atoms with E-state index in [1.807, 2.05) is 6.92 Å². The zero-order valence-electron chi connectivity index (χ0n) is 12.6. The van der Waals surface area contributed by atoms with Gasteiger partial charge in [0, 0.05) is 17.5 Å². The Morgan fingerprint density at radius 3 is 2.60 bits per heavy atom. The van der Waals surface area contributed by atoms with E-state index < -0.39 is 0 Å². The molecule has 4 aliphatic carbocycles. The molecular weight excluding hydrogens is 266 g/mol. The first-order valence-electron chi connectivity index (χ1n) is 8.06. The number of aryl methyl sites for hydroxylation is 1. The van der Waals surface area contributed by atoms with Gasteiger partial charge in [0.25, 0.3) is 0 Å². The number of aliphatic hydroxyl groups is 1. The standard InChI is InChI=1S/C17H25NOS/c1-11-9-20-15(18-11)4-14(19)17-7-12-3-13(8-17)6-16(2,5-12)10-17/h9,12-14,19H,3-8,10H2,1-2H3. The zero-order chi connectivity index (χ0) is 14.0. The summed E-state index contributed by atoms with van der Waals surface area (Å²) in [7, 11) is 0. The van der Waals surface area contributed by atoms with E-state index in [0.29, 0.717) is 5.41 Å². The fourth-order valence-corrected chi connectivity index (χ4v) is 6.88. The molecule has 0 radical (unpaired) electrons. The molecule has 3 atom stereocenters. The highest BCUT2D eigenvalue weighted by molar-refractivity contribution is 7.09. The van der Waals surface area contributed by atoms with E-state index in [-0.39, 0.29) is 11.5 Å². The lowest BCUT2D eigenvalue weighted by Crippen LogP contribution is -2.55. The maximum Gasteiger partial charge on any atom is 0.0954 e. The number of aliphatic hydroxyl groups excluding tert-OH is 1. The van der Waals surface area contributed by atoms with Crippen LogP contribution in [0, 0.1) is 29.6 Å². The summed E-state index contributed by atoms with van der Waals surface area (Å²) in [4.78, 5) is 4.55. The Kier molecular flexibility index (Phi) is 2.85. The van der Waals surface area contributed by atoms with Gasteiger partial charge in [-0.05, 0) is 68.1 Å². The van der Waals surface area contributed by atoms with Crippen molar-refractivity contribution in [3.8, 4) is 0 Å². The van der Waals surface area contributed by atoms with Crippen LogP contribution in [0.3, 0.4) is 0 Å². The first-order valence-corrected chi connectivity index (χ1v) is 8.93. The highest BCUT2D eigenvalue weighted by Crippen LogP contribution is 2.66. The van der Waals surface area contributed by atoms with Gasteiger partial charge in [0.2, 0.25) is 0 Å². The number of hydrogen-bond donors (Lipinski definition) is 1. The Bertz CT molecular complexity index is 509. The Morgan fingerprint density at radius 1 is 1.35 bits per heavy atom. The smallest absolute Gasteiger partial charge is 0.0954 e. The van der Waals surface area contributed by atoms with Crippen molar-refractivity contribution in [2.24, 2.45) is 22.7 Å². The topological polar surface area (TPSA) is 33.1 Å². The molecule has 5 rings (SSSR count). The van der Waals surface area contributed by atoms with Gasteiger partial charge in [0.15, 0.2) is 0 Å². The van der Waals surface area contributed by atoms with Crippen LogP contribution >= 0.6 is 11.3 Å². The monoisotopic (exact) mass is 291 g/mol. The maximum atomic E-state index is 11.0. The van der Waals surface area contributed by atoms with Crippen LogP contribution in [0.15, 0.2) is 5.38 Å². The fourth-order valence-electron chi connectivity index (χ4n) is 6.07. The lowest BCUT2D eigenvalue weighted by atomic mass is 9.43. The number of thiazole rings is 1. The minimum Gasteiger partial charge on any atom is -0.392 e. The summed E-state index contributed by atoms with van der Waals surface area (Å²) in [5.41, 5.74) is 1.82. The molecule has 0 saturated heterocycles. The van der Waals surface area contributed by atoms with Crippen LogP contribution in [0.4, 0.5) is 0 Å². The summed E-state index contributed by atoms with van der Waals surface area (Å²) < 4.78 is 0. The molecular formula is C17H25NOS. The van der Waals surface area contributed by atoms with Gasteiger partial charge in [0.05, 0.1) is 11.1 Å². The van der Waals surface area contributed by atoms with Crippen molar-refractivity contribution < 1.29 is 5.11 Å². The summed E-state index contributed by atoms with van der Waals surface area (Å²) in [6.07, 6.45) is 8.63. The highest BCUT2D eigenvalue weighted by atomic mass is 32.1. The minimum absolute atomic E-state index is 0.182. The van der Waals surface area contributed by atoms with Crippen molar-refractivity contribution in [2.45, 2.75) is 64.9 Å². The molecule has 1 aromatic rings. The van der Waals surface area contributed by atoms with E-state index in [0.717, 1.165) is 29.0 Å². The molecule has 4 fully saturated rings. The molecule has 1 aromatic heterocycles. The molecule has 4 aliphatic rings. The van der Waals surface area contributed by atoms with Crippen LogP contribution in [0.25, 0.3) is 0 Å². The lowest BCUT2D eigenvalue weighted by molar-refractivity contribution is -0.152. The van der Waals surface area contributed by atoms with Crippen LogP contribution < -0.4 is 0 Å². The molecule has 4 saturated carbocycles. The molecule has 0 amide bonds. The number of aromatic nitrogens is 1. The molecule has 0 aliphatic heterocycles. The van der Waals surface area contributed by atoms with E-state index in [1.54, 1.807) is 11.3 Å². The molecule has 110 valence electrons. The minimum atomic E-state index is -0.182. The van der Waals surface area contributed by atoms with E-state index in [1.165, 1.54) is 38.5 Å². The SMILES string of the molecule is Cc1csc(CC(O)C23CC4CC(CC(C)(C4)C2)C3)n1. The first kappa shape index (κ1) is 13.3. The summed E-state index contributed by atoms with van der Waals surface area (Å²) in [6, 6.07) is 0. The molecule has 3 heteroatoms. The van der Waals surface area contributed by atoms with E-state index in [9.17, 15) is 5.11 Å². The van der Waals surface area contributed by atoms with Crippen LogP contribution in [0.5, 0.6) is 0 Å². The fraction of sp³-hybridized carbons (Fsp3) is 0.824. The summed E-state index contributed by atoms with van der Waals surface area (Å²) in [6.45, 7) is 4.51. The van der Waals surface area contributed by atoms with Crippen LogP contribution in [0.1, 0.15) is 56.2 Å². The van der Waals surface area contributed by atoms with Crippen LogP contribution in [-0.2, 0) is 6.42 Å². The average molecular weight is 291 g/mol. The normalized spacial score (nSPS) is 44.0. The van der Waals surface area contributed by atoms with Gasteiger partial charge in [-0.3, -0.25) is 0 Å². The Hall–Kier alpha value is -0.410.